The molecule has 0 spiro atoms. The van der Waals surface area contributed by atoms with Crippen LogP contribution >= 0.6 is 33.2 Å². The second kappa shape index (κ2) is 12.1. The Kier molecular flexibility index (Phi) is 12.2. The van der Waals surface area contributed by atoms with E-state index in [4.69, 9.17) is 33.2 Å². The molecule has 0 atom stereocenters. The zero-order chi connectivity index (χ0) is 27.3. The van der Waals surface area contributed by atoms with E-state index in [1.165, 1.54) is 0 Å². The highest BCUT2D eigenvalue weighted by molar-refractivity contribution is 7.64. The zero-order valence-electron chi connectivity index (χ0n) is 17.3. The highest BCUT2D eigenvalue weighted by Gasteiger charge is 2.90. The van der Waals surface area contributed by atoms with Crippen molar-refractivity contribution in [3.63, 3.8) is 0 Å². The molecule has 0 nitrogen and oxygen atoms in total. The summed E-state index contributed by atoms with van der Waals surface area (Å²) in [5.41, 5.74) is 0. The lowest BCUT2D eigenvalue weighted by Gasteiger charge is -2.39. The lowest BCUT2D eigenvalue weighted by molar-refractivity contribution is -0.440. The Labute approximate surface area is 202 Å². The molecule has 0 saturated heterocycles. The average molecular weight is 608 g/mol. The molecule has 0 amide bonds. The van der Waals surface area contributed by atoms with Crippen molar-refractivity contribution in [2.45, 2.75) is 106 Å². The van der Waals surface area contributed by atoms with Crippen LogP contribution in [0.5, 0.6) is 0 Å². The quantitative estimate of drug-likeness (QED) is 0.0709. The van der Waals surface area contributed by atoms with Gasteiger partial charge >= 0.3 is 41.8 Å². The summed E-state index contributed by atoms with van der Waals surface area (Å²) in [7, 11) is 0. The van der Waals surface area contributed by atoms with Crippen molar-refractivity contribution in [1.82, 2.24) is 0 Å². The maximum absolute atomic E-state index is 13.6. The van der Waals surface area contributed by atoms with Crippen LogP contribution in [0, 0.1) is 0 Å². The summed E-state index contributed by atoms with van der Waals surface area (Å²) in [6.07, 6.45) is -6.43. The Morgan fingerprint density at radius 2 is 0.735 bits per heavy atom. The first-order chi connectivity index (χ1) is 15.0. The van der Waals surface area contributed by atoms with Gasteiger partial charge in [-0.15, -0.1) is 33.2 Å². The third kappa shape index (κ3) is 8.36. The minimum atomic E-state index is -7.84. The molecule has 0 aliphatic carbocycles. The fourth-order valence-electron chi connectivity index (χ4n) is 2.87. The maximum Gasteiger partial charge on any atom is 0.460 e. The molecule has 0 unspecified atom stereocenters. The lowest BCUT2D eigenvalue weighted by atomic mass is 9.91. The van der Waals surface area contributed by atoms with Crippen molar-refractivity contribution >= 4 is 39.2 Å². The van der Waals surface area contributed by atoms with Crippen molar-refractivity contribution in [2.75, 3.05) is 0 Å². The largest absolute Gasteiger partial charge is 0.460 e. The summed E-state index contributed by atoms with van der Waals surface area (Å²) < 4.78 is 169. The van der Waals surface area contributed by atoms with E-state index in [-0.39, 0.29) is 12.8 Å². The summed E-state index contributed by atoms with van der Waals surface area (Å²) in [4.78, 5) is 0. The number of hydrogen-bond donors (Lipinski definition) is 0. The first-order valence-electron chi connectivity index (χ1n) is 9.98. The average Bonchev–Trinajstić information content (AvgIpc) is 2.63. The van der Waals surface area contributed by atoms with E-state index in [0.29, 0.717) is 31.7 Å². The smallest absolute Gasteiger partial charge is 0.200 e. The molecule has 0 saturated carbocycles. The van der Waals surface area contributed by atoms with Crippen molar-refractivity contribution in [1.29, 1.82) is 0 Å². The van der Waals surface area contributed by atoms with Gasteiger partial charge in [-0.05, 0) is 12.5 Å². The molecular weight excluding hydrogens is 586 g/mol. The molecule has 0 aromatic rings. The normalized spacial score (nSPS) is 15.2. The van der Waals surface area contributed by atoms with Crippen LogP contribution in [0.25, 0.3) is 0 Å². The third-order valence-corrected chi connectivity index (χ3v) is 7.57. The van der Waals surface area contributed by atoms with Crippen LogP contribution in [-0.2, 0) is 0 Å². The molecule has 206 valence electrons. The number of hydrogen-bond acceptors (Lipinski definition) is 0. The fourth-order valence-corrected chi connectivity index (χ4v) is 4.72. The standard InChI is InChI=1S/C17H22Cl3F13Si/c18-34(19,20)11-9-7-5-3-1-2-4-6-8-10-12(21,22)13(23,24)14(25,26)15(27,28)16(29,30)17(31,32)33/h1-11H2. The molecule has 0 heterocycles. The predicted molar refractivity (Wildman–Crippen MR) is 105 cm³/mol. The summed E-state index contributed by atoms with van der Waals surface area (Å²) in [6.45, 7) is 0. The van der Waals surface area contributed by atoms with E-state index in [0.717, 1.165) is 12.8 Å². The van der Waals surface area contributed by atoms with E-state index < -0.39 is 54.6 Å². The van der Waals surface area contributed by atoms with Crippen LogP contribution in [0.3, 0.4) is 0 Å². The molecule has 0 radical (unpaired) electrons. The number of halogens is 16. The van der Waals surface area contributed by atoms with Crippen LogP contribution < -0.4 is 0 Å². The van der Waals surface area contributed by atoms with Gasteiger partial charge < -0.3 is 0 Å². The summed E-state index contributed by atoms with van der Waals surface area (Å²) in [6, 6.07) is -2.21. The third-order valence-electron chi connectivity index (χ3n) is 4.95. The van der Waals surface area contributed by atoms with Gasteiger partial charge in [0, 0.05) is 6.42 Å². The Morgan fingerprint density at radius 3 is 1.09 bits per heavy atom. The second-order valence-corrected chi connectivity index (χ2v) is 17.1. The monoisotopic (exact) mass is 606 g/mol. The molecule has 0 bridgehead atoms. The molecular formula is C17H22Cl3F13Si. The lowest BCUT2D eigenvalue weighted by Crippen LogP contribution is -2.70. The first kappa shape index (κ1) is 34.2. The summed E-state index contributed by atoms with van der Waals surface area (Å²) in [5.74, 6) is -36.4. The van der Waals surface area contributed by atoms with Crippen molar-refractivity contribution in [2.24, 2.45) is 0 Å². The second-order valence-electron chi connectivity index (χ2n) is 7.80. The van der Waals surface area contributed by atoms with E-state index >= 15 is 0 Å². The molecule has 0 aromatic heterocycles. The predicted octanol–water partition coefficient (Wildman–Crippen LogP) is 10.3. The van der Waals surface area contributed by atoms with Crippen LogP contribution in [0.15, 0.2) is 0 Å². The van der Waals surface area contributed by atoms with E-state index in [1.807, 2.05) is 0 Å². The highest BCUT2D eigenvalue weighted by Crippen LogP contribution is 2.60. The molecule has 0 aromatic carbocycles. The van der Waals surface area contributed by atoms with E-state index in [2.05, 4.69) is 0 Å². The molecule has 0 fully saturated rings. The summed E-state index contributed by atoms with van der Waals surface area (Å²) >= 11 is 17.1. The zero-order valence-corrected chi connectivity index (χ0v) is 20.6. The Morgan fingerprint density at radius 1 is 0.412 bits per heavy atom. The van der Waals surface area contributed by atoms with Crippen LogP contribution in [0.4, 0.5) is 57.1 Å². The Hall–Kier alpha value is 0.177. The van der Waals surface area contributed by atoms with Gasteiger partial charge in [0.1, 0.15) is 0 Å². The van der Waals surface area contributed by atoms with Gasteiger partial charge in [0.05, 0.1) is 0 Å². The van der Waals surface area contributed by atoms with Crippen molar-refractivity contribution in [3.8, 4) is 0 Å². The van der Waals surface area contributed by atoms with E-state index in [9.17, 15) is 57.1 Å². The van der Waals surface area contributed by atoms with E-state index in [1.54, 1.807) is 0 Å². The first-order valence-corrected chi connectivity index (χ1v) is 15.2. The number of rotatable bonds is 16. The molecule has 17 heteroatoms. The van der Waals surface area contributed by atoms with Crippen LogP contribution in [0.1, 0.15) is 64.2 Å². The topological polar surface area (TPSA) is 0 Å². The van der Waals surface area contributed by atoms with Gasteiger partial charge in [-0.1, -0.05) is 51.4 Å². The molecule has 34 heavy (non-hydrogen) atoms. The minimum absolute atomic E-state index is 0.182. The van der Waals surface area contributed by atoms with Crippen LogP contribution in [-0.4, -0.2) is 41.8 Å². The number of alkyl halides is 13. The molecule has 0 aliphatic rings. The maximum atomic E-state index is 13.6. The molecule has 0 rings (SSSR count). The summed E-state index contributed by atoms with van der Waals surface area (Å²) in [5, 5.41) is 0. The molecule has 0 aliphatic heterocycles. The Bertz CT molecular complexity index is 619. The fraction of sp³-hybridized carbons (Fsp3) is 1.00. The van der Waals surface area contributed by atoms with Gasteiger partial charge in [0.15, 0.2) is 0 Å². The highest BCUT2D eigenvalue weighted by atomic mass is 35.8. The van der Waals surface area contributed by atoms with Crippen molar-refractivity contribution in [3.05, 3.63) is 0 Å². The van der Waals surface area contributed by atoms with Gasteiger partial charge in [-0.3, -0.25) is 0 Å². The minimum Gasteiger partial charge on any atom is -0.200 e. The van der Waals surface area contributed by atoms with Gasteiger partial charge in [-0.2, -0.15) is 57.1 Å². The van der Waals surface area contributed by atoms with Gasteiger partial charge in [0.2, 0.25) is 0 Å². The number of unbranched alkanes of at least 4 members (excludes halogenated alkanes) is 8. The Balaban J connectivity index is 4.71. The van der Waals surface area contributed by atoms with Gasteiger partial charge in [0.25, 0.3) is 0 Å². The van der Waals surface area contributed by atoms with Crippen LogP contribution in [0.2, 0.25) is 6.04 Å². The van der Waals surface area contributed by atoms with Gasteiger partial charge in [-0.25, -0.2) is 0 Å². The van der Waals surface area contributed by atoms with Crippen molar-refractivity contribution < 1.29 is 57.1 Å². The SMILES string of the molecule is FC(F)(F)C(F)(F)C(F)(F)C(F)(F)C(F)(F)C(F)(F)CCCCCCCCCCC[Si](Cl)(Cl)Cl. The molecule has 0 N–H and O–H groups in total.